The highest BCUT2D eigenvalue weighted by atomic mass is 32.2. The Morgan fingerprint density at radius 3 is 3.31 bits per heavy atom. The fraction of sp³-hybridized carbons (Fsp3) is 0.667. The maximum absolute atomic E-state index is 4.18. The Morgan fingerprint density at radius 2 is 2.69 bits per heavy atom. The van der Waals surface area contributed by atoms with Gasteiger partial charge in [-0.3, -0.25) is 0 Å². The number of H-pyrrole nitrogens is 1. The average molecular weight is 197 g/mol. The monoisotopic (exact) mass is 197 g/mol. The van der Waals surface area contributed by atoms with Crippen LogP contribution in [0, 0.1) is 0 Å². The summed E-state index contributed by atoms with van der Waals surface area (Å²) in [4.78, 5) is 7.27. The molecule has 4 heteroatoms. The highest BCUT2D eigenvalue weighted by Crippen LogP contribution is 2.26. The van der Waals surface area contributed by atoms with Crippen LogP contribution in [0.1, 0.15) is 19.2 Å². The third-order valence-corrected chi connectivity index (χ3v) is 3.79. The lowest BCUT2D eigenvalue weighted by Crippen LogP contribution is -2.33. The second-order valence-electron chi connectivity index (χ2n) is 3.39. The lowest BCUT2D eigenvalue weighted by molar-refractivity contribution is 0.505. The molecule has 13 heavy (non-hydrogen) atoms. The number of aromatic amines is 1. The van der Waals surface area contributed by atoms with Gasteiger partial charge in [-0.15, -0.1) is 0 Å². The lowest BCUT2D eigenvalue weighted by atomic mass is 10.2. The van der Waals surface area contributed by atoms with E-state index in [4.69, 9.17) is 0 Å². The minimum atomic E-state index is 0.662. The number of aromatic nitrogens is 2. The number of rotatable bonds is 3. The minimum Gasteiger partial charge on any atom is -0.348 e. The molecule has 1 aliphatic rings. The van der Waals surface area contributed by atoms with E-state index in [9.17, 15) is 0 Å². The van der Waals surface area contributed by atoms with Crippen molar-refractivity contribution in [2.45, 2.75) is 31.2 Å². The SMILES string of the molecule is CC1SCCC1NCc1ncc[nH]1. The molecule has 0 amide bonds. The molecule has 2 unspecified atom stereocenters. The zero-order chi connectivity index (χ0) is 9.10. The highest BCUT2D eigenvalue weighted by molar-refractivity contribution is 8.00. The van der Waals surface area contributed by atoms with Gasteiger partial charge in [0, 0.05) is 23.7 Å². The van der Waals surface area contributed by atoms with Gasteiger partial charge in [-0.1, -0.05) is 6.92 Å². The van der Waals surface area contributed by atoms with Crippen LogP contribution >= 0.6 is 11.8 Å². The number of imidazole rings is 1. The van der Waals surface area contributed by atoms with E-state index in [1.807, 2.05) is 18.0 Å². The van der Waals surface area contributed by atoms with Gasteiger partial charge in [-0.05, 0) is 12.2 Å². The van der Waals surface area contributed by atoms with E-state index in [0.717, 1.165) is 17.6 Å². The fourth-order valence-corrected chi connectivity index (χ4v) is 2.85. The molecule has 2 heterocycles. The van der Waals surface area contributed by atoms with Crippen molar-refractivity contribution >= 4 is 11.8 Å². The van der Waals surface area contributed by atoms with Crippen molar-refractivity contribution in [2.75, 3.05) is 5.75 Å². The van der Waals surface area contributed by atoms with Crippen LogP contribution in [0.15, 0.2) is 12.4 Å². The predicted octanol–water partition coefficient (Wildman–Crippen LogP) is 1.39. The molecule has 0 radical (unpaired) electrons. The summed E-state index contributed by atoms with van der Waals surface area (Å²) < 4.78 is 0. The van der Waals surface area contributed by atoms with E-state index in [1.165, 1.54) is 12.2 Å². The van der Waals surface area contributed by atoms with Crippen molar-refractivity contribution in [2.24, 2.45) is 0 Å². The average Bonchev–Trinajstić information content (AvgIpc) is 2.72. The molecule has 0 aliphatic carbocycles. The molecule has 2 atom stereocenters. The normalized spacial score (nSPS) is 28.1. The summed E-state index contributed by atoms with van der Waals surface area (Å²) in [6.07, 6.45) is 4.94. The smallest absolute Gasteiger partial charge is 0.120 e. The third-order valence-electron chi connectivity index (χ3n) is 2.46. The van der Waals surface area contributed by atoms with E-state index >= 15 is 0 Å². The number of thioether (sulfide) groups is 1. The van der Waals surface area contributed by atoms with Crippen molar-refractivity contribution in [1.29, 1.82) is 0 Å². The van der Waals surface area contributed by atoms with Gasteiger partial charge in [0.05, 0.1) is 6.54 Å². The molecule has 2 rings (SSSR count). The molecule has 3 nitrogen and oxygen atoms in total. The molecule has 1 aliphatic heterocycles. The molecule has 0 bridgehead atoms. The van der Waals surface area contributed by atoms with Gasteiger partial charge < -0.3 is 10.3 Å². The second-order valence-corrected chi connectivity index (χ2v) is 4.87. The summed E-state index contributed by atoms with van der Waals surface area (Å²) in [5.41, 5.74) is 0. The van der Waals surface area contributed by atoms with Crippen LogP contribution in [-0.4, -0.2) is 27.0 Å². The van der Waals surface area contributed by atoms with Crippen molar-refractivity contribution in [3.63, 3.8) is 0 Å². The summed E-state index contributed by atoms with van der Waals surface area (Å²) in [6.45, 7) is 3.15. The van der Waals surface area contributed by atoms with Crippen LogP contribution in [0.5, 0.6) is 0 Å². The molecule has 0 aromatic carbocycles. The molecule has 1 aromatic heterocycles. The summed E-state index contributed by atoms with van der Waals surface area (Å²) in [7, 11) is 0. The molecule has 0 spiro atoms. The maximum Gasteiger partial charge on any atom is 0.120 e. The molecule has 0 saturated carbocycles. The fourth-order valence-electron chi connectivity index (χ4n) is 1.62. The van der Waals surface area contributed by atoms with E-state index in [1.54, 1.807) is 6.20 Å². The van der Waals surface area contributed by atoms with Gasteiger partial charge in [0.1, 0.15) is 5.82 Å². The first-order chi connectivity index (χ1) is 6.36. The molecule has 1 saturated heterocycles. The van der Waals surface area contributed by atoms with E-state index in [0.29, 0.717) is 6.04 Å². The number of nitrogens with zero attached hydrogens (tertiary/aromatic N) is 1. The summed E-state index contributed by atoms with van der Waals surface area (Å²) in [5, 5.41) is 4.26. The van der Waals surface area contributed by atoms with E-state index in [2.05, 4.69) is 22.2 Å². The number of nitrogens with one attached hydrogen (secondary N) is 2. The van der Waals surface area contributed by atoms with Crippen molar-refractivity contribution in [3.05, 3.63) is 18.2 Å². The second kappa shape index (κ2) is 4.15. The number of hydrogen-bond acceptors (Lipinski definition) is 3. The van der Waals surface area contributed by atoms with Crippen LogP contribution in [0.25, 0.3) is 0 Å². The topological polar surface area (TPSA) is 40.7 Å². The maximum atomic E-state index is 4.18. The van der Waals surface area contributed by atoms with E-state index in [-0.39, 0.29) is 0 Å². The Hall–Kier alpha value is -0.480. The summed E-state index contributed by atoms with van der Waals surface area (Å²) in [6, 6.07) is 0.662. The Morgan fingerprint density at radius 1 is 1.77 bits per heavy atom. The quantitative estimate of drug-likeness (QED) is 0.769. The molecule has 1 aromatic rings. The first-order valence-electron chi connectivity index (χ1n) is 4.69. The molecule has 2 N–H and O–H groups in total. The standard InChI is InChI=1S/C9H15N3S/c1-7-8(2-5-13-7)12-6-9-10-3-4-11-9/h3-4,7-8,12H,2,5-6H2,1H3,(H,10,11). The molecular weight excluding hydrogens is 182 g/mol. The van der Waals surface area contributed by atoms with Crippen LogP contribution < -0.4 is 5.32 Å². The third kappa shape index (κ3) is 2.25. The van der Waals surface area contributed by atoms with Gasteiger partial charge in [0.15, 0.2) is 0 Å². The number of hydrogen-bond donors (Lipinski definition) is 2. The van der Waals surface area contributed by atoms with Gasteiger partial charge in [-0.25, -0.2) is 4.98 Å². The summed E-state index contributed by atoms with van der Waals surface area (Å²) in [5.74, 6) is 2.32. The van der Waals surface area contributed by atoms with Crippen LogP contribution in [0.2, 0.25) is 0 Å². The zero-order valence-electron chi connectivity index (χ0n) is 7.79. The zero-order valence-corrected chi connectivity index (χ0v) is 8.60. The van der Waals surface area contributed by atoms with Crippen LogP contribution in [0.3, 0.4) is 0 Å². The predicted molar refractivity (Wildman–Crippen MR) is 55.8 cm³/mol. The Kier molecular flexibility index (Phi) is 2.90. The van der Waals surface area contributed by atoms with Crippen molar-refractivity contribution < 1.29 is 0 Å². The van der Waals surface area contributed by atoms with Crippen LogP contribution in [0.4, 0.5) is 0 Å². The molecule has 1 fully saturated rings. The van der Waals surface area contributed by atoms with E-state index < -0.39 is 0 Å². The lowest BCUT2D eigenvalue weighted by Gasteiger charge is -2.15. The molecular formula is C9H15N3S. The minimum absolute atomic E-state index is 0.662. The van der Waals surface area contributed by atoms with Gasteiger partial charge in [0.2, 0.25) is 0 Å². The van der Waals surface area contributed by atoms with Crippen molar-refractivity contribution in [3.8, 4) is 0 Å². The van der Waals surface area contributed by atoms with Gasteiger partial charge >= 0.3 is 0 Å². The van der Waals surface area contributed by atoms with Crippen molar-refractivity contribution in [1.82, 2.24) is 15.3 Å². The largest absolute Gasteiger partial charge is 0.348 e. The molecule has 72 valence electrons. The van der Waals surface area contributed by atoms with Gasteiger partial charge in [-0.2, -0.15) is 11.8 Å². The first-order valence-corrected chi connectivity index (χ1v) is 5.74. The van der Waals surface area contributed by atoms with Crippen LogP contribution in [-0.2, 0) is 6.54 Å². The Bertz CT molecular complexity index is 247. The summed E-state index contributed by atoms with van der Waals surface area (Å²) >= 11 is 2.05. The Labute approximate surface area is 82.7 Å². The van der Waals surface area contributed by atoms with Gasteiger partial charge in [0.25, 0.3) is 0 Å². The first kappa shape index (κ1) is 9.09. The highest BCUT2D eigenvalue weighted by Gasteiger charge is 2.23. The Balaban J connectivity index is 1.79.